The number of aromatic nitrogens is 2. The zero-order valence-corrected chi connectivity index (χ0v) is 13.8. The lowest BCUT2D eigenvalue weighted by molar-refractivity contribution is -0.0512. The molecule has 3 aromatic rings. The fourth-order valence-electron chi connectivity index (χ4n) is 2.12. The van der Waals surface area contributed by atoms with Crippen LogP contribution >= 0.6 is 11.3 Å². The summed E-state index contributed by atoms with van der Waals surface area (Å²) in [6.07, 6.45) is 1.77. The first-order valence-electron chi connectivity index (χ1n) is 7.10. The van der Waals surface area contributed by atoms with E-state index in [0.29, 0.717) is 10.8 Å². The molecule has 6 nitrogen and oxygen atoms in total. The number of thiazole rings is 1. The van der Waals surface area contributed by atoms with E-state index in [9.17, 15) is 13.6 Å². The smallest absolute Gasteiger partial charge is 0.387 e. The van der Waals surface area contributed by atoms with Gasteiger partial charge < -0.3 is 14.5 Å². The van der Waals surface area contributed by atoms with Gasteiger partial charge in [-0.2, -0.15) is 8.78 Å². The Hall–Kier alpha value is -2.94. The lowest BCUT2D eigenvalue weighted by Crippen LogP contribution is -2.12. The number of rotatable bonds is 6. The van der Waals surface area contributed by atoms with Crippen LogP contribution in [0, 0.1) is 0 Å². The number of alkyl halides is 2. The van der Waals surface area contributed by atoms with E-state index in [2.05, 4.69) is 20.0 Å². The largest absolute Gasteiger partial charge is 0.493 e. The van der Waals surface area contributed by atoms with E-state index in [0.717, 1.165) is 5.69 Å². The van der Waals surface area contributed by atoms with Gasteiger partial charge in [0, 0.05) is 17.1 Å². The summed E-state index contributed by atoms with van der Waals surface area (Å²) >= 11 is 1.25. The van der Waals surface area contributed by atoms with Crippen LogP contribution in [0.5, 0.6) is 11.5 Å². The van der Waals surface area contributed by atoms with Gasteiger partial charge in [0.05, 0.1) is 18.5 Å². The predicted octanol–water partition coefficient (Wildman–Crippen LogP) is 4.00. The minimum absolute atomic E-state index is 0.111. The van der Waals surface area contributed by atoms with Crippen molar-refractivity contribution in [2.24, 2.45) is 0 Å². The molecule has 0 aliphatic heterocycles. The topological polar surface area (TPSA) is 76.2 Å². The van der Waals surface area contributed by atoms with E-state index in [1.54, 1.807) is 11.6 Å². The van der Waals surface area contributed by atoms with Crippen LogP contribution in [0.1, 0.15) is 10.4 Å². The molecule has 0 bridgehead atoms. The molecule has 1 aromatic carbocycles. The van der Waals surface area contributed by atoms with E-state index in [-0.39, 0.29) is 17.1 Å². The molecule has 2 N–H and O–H groups in total. The number of nitrogens with zero attached hydrogens (tertiary/aromatic N) is 1. The molecule has 0 spiro atoms. The van der Waals surface area contributed by atoms with Crippen molar-refractivity contribution in [3.8, 4) is 22.9 Å². The maximum absolute atomic E-state index is 12.5. The number of amides is 1. The second-order valence-corrected chi connectivity index (χ2v) is 5.68. The maximum Gasteiger partial charge on any atom is 0.387 e. The monoisotopic (exact) mass is 365 g/mol. The molecule has 0 unspecified atom stereocenters. The zero-order valence-electron chi connectivity index (χ0n) is 13.0. The number of hydrogen-bond acceptors (Lipinski definition) is 5. The number of anilines is 1. The van der Waals surface area contributed by atoms with Crippen molar-refractivity contribution < 1.29 is 23.0 Å². The molecule has 1 amide bonds. The molecule has 0 atom stereocenters. The molecule has 130 valence electrons. The number of H-pyrrole nitrogens is 1. The van der Waals surface area contributed by atoms with Crippen LogP contribution in [-0.4, -0.2) is 29.6 Å². The molecule has 2 aromatic heterocycles. The quantitative estimate of drug-likeness (QED) is 0.692. The fraction of sp³-hybridized carbons (Fsp3) is 0.125. The highest BCUT2D eigenvalue weighted by Gasteiger charge is 2.16. The van der Waals surface area contributed by atoms with Crippen LogP contribution in [0.25, 0.3) is 11.4 Å². The standard InChI is InChI=1S/C16H13F2N3O3S/c1-23-12-5-4-9(7-13(12)24-15(17)18)14(22)21-16-20-11(8-25-16)10-3-2-6-19-10/h2-8,15,19H,1H3,(H,20,21,22). The Balaban J connectivity index is 1.77. The van der Waals surface area contributed by atoms with E-state index in [1.807, 2.05) is 12.1 Å². The summed E-state index contributed by atoms with van der Waals surface area (Å²) in [5.74, 6) is -0.592. The number of carbonyl (C=O) groups is 1. The van der Waals surface area contributed by atoms with Gasteiger partial charge in [-0.25, -0.2) is 4.98 Å². The summed E-state index contributed by atoms with van der Waals surface area (Å²) < 4.78 is 34.2. The Morgan fingerprint density at radius 3 is 2.84 bits per heavy atom. The summed E-state index contributed by atoms with van der Waals surface area (Å²) in [5.41, 5.74) is 1.67. The molecule has 0 fully saturated rings. The van der Waals surface area contributed by atoms with Crippen molar-refractivity contribution in [2.45, 2.75) is 6.61 Å². The Morgan fingerprint density at radius 1 is 1.32 bits per heavy atom. The second-order valence-electron chi connectivity index (χ2n) is 4.82. The number of halogens is 2. The molecule has 0 radical (unpaired) electrons. The highest BCUT2D eigenvalue weighted by atomic mass is 32.1. The van der Waals surface area contributed by atoms with Crippen molar-refractivity contribution in [3.05, 3.63) is 47.5 Å². The molecule has 25 heavy (non-hydrogen) atoms. The van der Waals surface area contributed by atoms with E-state index >= 15 is 0 Å². The third-order valence-corrected chi connectivity index (χ3v) is 4.00. The van der Waals surface area contributed by atoms with Crippen molar-refractivity contribution in [3.63, 3.8) is 0 Å². The van der Waals surface area contributed by atoms with Gasteiger partial charge in [-0.3, -0.25) is 10.1 Å². The molecule has 0 aliphatic rings. The van der Waals surface area contributed by atoms with E-state index in [4.69, 9.17) is 4.74 Å². The highest BCUT2D eigenvalue weighted by Crippen LogP contribution is 2.30. The summed E-state index contributed by atoms with van der Waals surface area (Å²) in [6, 6.07) is 7.73. The Morgan fingerprint density at radius 2 is 2.16 bits per heavy atom. The van der Waals surface area contributed by atoms with Crippen molar-refractivity contribution >= 4 is 22.4 Å². The summed E-state index contributed by atoms with van der Waals surface area (Å²) in [5, 5.41) is 4.81. The Kier molecular flexibility index (Phi) is 4.94. The van der Waals surface area contributed by atoms with Crippen LogP contribution < -0.4 is 14.8 Å². The molecule has 0 aliphatic carbocycles. The lowest BCUT2D eigenvalue weighted by Gasteiger charge is -2.11. The average molecular weight is 365 g/mol. The first-order valence-corrected chi connectivity index (χ1v) is 7.98. The normalized spacial score (nSPS) is 10.7. The number of methoxy groups -OCH3 is 1. The summed E-state index contributed by atoms with van der Waals surface area (Å²) in [7, 11) is 1.32. The number of nitrogens with one attached hydrogen (secondary N) is 2. The Bertz CT molecular complexity index is 865. The Labute approximate surface area is 145 Å². The minimum Gasteiger partial charge on any atom is -0.493 e. The fourth-order valence-corrected chi connectivity index (χ4v) is 2.83. The van der Waals surface area contributed by atoms with Gasteiger partial charge in [-0.15, -0.1) is 11.3 Å². The SMILES string of the molecule is COc1ccc(C(=O)Nc2nc(-c3ccc[nH]3)cs2)cc1OC(F)F. The number of benzene rings is 1. The van der Waals surface area contributed by atoms with Gasteiger partial charge >= 0.3 is 6.61 Å². The zero-order chi connectivity index (χ0) is 17.8. The minimum atomic E-state index is -3.02. The molecule has 9 heteroatoms. The van der Waals surface area contributed by atoms with Crippen molar-refractivity contribution in [1.82, 2.24) is 9.97 Å². The molecular weight excluding hydrogens is 352 g/mol. The average Bonchev–Trinajstić information content (AvgIpc) is 3.25. The molecule has 2 heterocycles. The second kappa shape index (κ2) is 7.31. The summed E-state index contributed by atoms with van der Waals surface area (Å²) in [6.45, 7) is -3.02. The lowest BCUT2D eigenvalue weighted by atomic mass is 10.2. The van der Waals surface area contributed by atoms with Crippen molar-refractivity contribution in [2.75, 3.05) is 12.4 Å². The van der Waals surface area contributed by atoms with Crippen LogP contribution in [0.3, 0.4) is 0 Å². The van der Waals surface area contributed by atoms with Crippen molar-refractivity contribution in [1.29, 1.82) is 0 Å². The van der Waals surface area contributed by atoms with Gasteiger partial charge in [0.1, 0.15) is 0 Å². The van der Waals surface area contributed by atoms with Gasteiger partial charge in [-0.05, 0) is 30.3 Å². The number of hydrogen-bond donors (Lipinski definition) is 2. The molecule has 0 saturated heterocycles. The first-order chi connectivity index (χ1) is 12.1. The number of ether oxygens (including phenoxy) is 2. The van der Waals surface area contributed by atoms with E-state index < -0.39 is 12.5 Å². The maximum atomic E-state index is 12.5. The number of carbonyl (C=O) groups excluding carboxylic acids is 1. The third-order valence-electron chi connectivity index (χ3n) is 3.24. The van der Waals surface area contributed by atoms with Crippen LogP contribution in [-0.2, 0) is 0 Å². The first kappa shape index (κ1) is 16.9. The predicted molar refractivity (Wildman–Crippen MR) is 89.5 cm³/mol. The van der Waals surface area contributed by atoms with Crippen LogP contribution in [0.15, 0.2) is 41.9 Å². The number of aromatic amines is 1. The molecule has 0 saturated carbocycles. The van der Waals surface area contributed by atoms with Crippen LogP contribution in [0.2, 0.25) is 0 Å². The van der Waals surface area contributed by atoms with E-state index in [1.165, 1.54) is 36.6 Å². The van der Waals surface area contributed by atoms with Crippen LogP contribution in [0.4, 0.5) is 13.9 Å². The molecular formula is C16H13F2N3O3S. The summed E-state index contributed by atoms with van der Waals surface area (Å²) in [4.78, 5) is 19.6. The van der Waals surface area contributed by atoms with Gasteiger partial charge in [-0.1, -0.05) is 0 Å². The third kappa shape index (κ3) is 3.94. The molecule has 3 rings (SSSR count). The van der Waals surface area contributed by atoms with Gasteiger partial charge in [0.25, 0.3) is 5.91 Å². The highest BCUT2D eigenvalue weighted by molar-refractivity contribution is 7.14. The van der Waals surface area contributed by atoms with Gasteiger partial charge in [0.15, 0.2) is 16.6 Å². The van der Waals surface area contributed by atoms with Gasteiger partial charge in [0.2, 0.25) is 0 Å².